The van der Waals surface area contributed by atoms with Gasteiger partial charge in [0, 0.05) is 22.8 Å². The molecule has 2 aromatic rings. The summed E-state index contributed by atoms with van der Waals surface area (Å²) in [5.74, 6) is -1.23. The summed E-state index contributed by atoms with van der Waals surface area (Å²) in [5.41, 5.74) is 6.45. The fraction of sp³-hybridized carbons (Fsp3) is 0.176. The van der Waals surface area contributed by atoms with Crippen LogP contribution in [-0.4, -0.2) is 24.4 Å². The van der Waals surface area contributed by atoms with Crippen molar-refractivity contribution in [1.82, 2.24) is 0 Å². The molecule has 0 aromatic heterocycles. The maximum absolute atomic E-state index is 14.0. The number of hydrogen-bond acceptors (Lipinski definition) is 3. The zero-order chi connectivity index (χ0) is 17.3. The molecule has 1 aliphatic heterocycles. The lowest BCUT2D eigenvalue weighted by Gasteiger charge is -2.18. The Morgan fingerprint density at radius 2 is 1.96 bits per heavy atom. The summed E-state index contributed by atoms with van der Waals surface area (Å²) >= 11 is 5.89. The fourth-order valence-electron chi connectivity index (χ4n) is 2.68. The van der Waals surface area contributed by atoms with Crippen molar-refractivity contribution in [2.24, 2.45) is 5.73 Å². The minimum Gasteiger partial charge on any atom is -0.374 e. The molecule has 0 bridgehead atoms. The van der Waals surface area contributed by atoms with Crippen molar-refractivity contribution in [1.29, 1.82) is 0 Å². The van der Waals surface area contributed by atoms with E-state index in [1.54, 1.807) is 24.3 Å². The SMILES string of the molecule is NC(=O)c1ccc(NC2CCN(c3cc(Cl)ccc3F)C2=O)cc1. The van der Waals surface area contributed by atoms with Crippen LogP contribution < -0.4 is 16.0 Å². The highest BCUT2D eigenvalue weighted by Gasteiger charge is 2.33. The van der Waals surface area contributed by atoms with Gasteiger partial charge in [0.05, 0.1) is 5.69 Å². The molecular formula is C17H15ClFN3O2. The summed E-state index contributed by atoms with van der Waals surface area (Å²) in [5, 5.41) is 3.46. The van der Waals surface area contributed by atoms with Gasteiger partial charge in [-0.2, -0.15) is 0 Å². The number of anilines is 2. The third kappa shape index (κ3) is 3.19. The van der Waals surface area contributed by atoms with Gasteiger partial charge in [-0.1, -0.05) is 11.6 Å². The maximum Gasteiger partial charge on any atom is 0.249 e. The van der Waals surface area contributed by atoms with Crippen LogP contribution >= 0.6 is 11.6 Å². The first kappa shape index (κ1) is 16.3. The third-order valence-electron chi connectivity index (χ3n) is 3.91. The second kappa shape index (κ2) is 6.49. The molecule has 5 nitrogen and oxygen atoms in total. The van der Waals surface area contributed by atoms with Gasteiger partial charge >= 0.3 is 0 Å². The lowest BCUT2D eigenvalue weighted by atomic mass is 10.1. The number of halogens is 2. The molecule has 3 rings (SSSR count). The summed E-state index contributed by atoms with van der Waals surface area (Å²) in [6.07, 6.45) is 0.530. The Labute approximate surface area is 143 Å². The Balaban J connectivity index is 1.74. The van der Waals surface area contributed by atoms with E-state index in [1.807, 2.05) is 0 Å². The van der Waals surface area contributed by atoms with Gasteiger partial charge < -0.3 is 16.0 Å². The van der Waals surface area contributed by atoms with E-state index in [9.17, 15) is 14.0 Å². The number of nitrogens with zero attached hydrogens (tertiary/aromatic N) is 1. The van der Waals surface area contributed by atoms with Crippen LogP contribution in [0.1, 0.15) is 16.8 Å². The van der Waals surface area contributed by atoms with Crippen LogP contribution in [0.25, 0.3) is 0 Å². The van der Waals surface area contributed by atoms with E-state index in [-0.39, 0.29) is 11.6 Å². The van der Waals surface area contributed by atoms with Crippen LogP contribution in [0.4, 0.5) is 15.8 Å². The molecule has 1 saturated heterocycles. The van der Waals surface area contributed by atoms with Crippen molar-refractivity contribution < 1.29 is 14.0 Å². The highest BCUT2D eigenvalue weighted by atomic mass is 35.5. The first-order valence-corrected chi connectivity index (χ1v) is 7.76. The van der Waals surface area contributed by atoms with Gasteiger partial charge in [-0.3, -0.25) is 9.59 Å². The predicted molar refractivity (Wildman–Crippen MR) is 90.8 cm³/mol. The van der Waals surface area contributed by atoms with Gasteiger partial charge in [0.15, 0.2) is 0 Å². The third-order valence-corrected chi connectivity index (χ3v) is 4.15. The van der Waals surface area contributed by atoms with E-state index in [0.29, 0.717) is 29.2 Å². The van der Waals surface area contributed by atoms with E-state index in [0.717, 1.165) is 0 Å². The average molecular weight is 348 g/mol. The van der Waals surface area contributed by atoms with Crippen LogP contribution in [0.3, 0.4) is 0 Å². The van der Waals surface area contributed by atoms with Crippen molar-refractivity contribution in [2.75, 3.05) is 16.8 Å². The van der Waals surface area contributed by atoms with E-state index in [1.165, 1.54) is 23.1 Å². The Morgan fingerprint density at radius 3 is 2.62 bits per heavy atom. The summed E-state index contributed by atoms with van der Waals surface area (Å²) in [7, 11) is 0. The molecule has 1 aliphatic rings. The smallest absolute Gasteiger partial charge is 0.249 e. The summed E-state index contributed by atoms with van der Waals surface area (Å²) < 4.78 is 14.0. The highest BCUT2D eigenvalue weighted by molar-refractivity contribution is 6.31. The summed E-state index contributed by atoms with van der Waals surface area (Å²) in [6.45, 7) is 0.396. The molecule has 24 heavy (non-hydrogen) atoms. The number of rotatable bonds is 4. The summed E-state index contributed by atoms with van der Waals surface area (Å²) in [4.78, 5) is 25.0. The Bertz CT molecular complexity index is 795. The predicted octanol–water partition coefficient (Wildman–Crippen LogP) is 2.80. The molecule has 1 fully saturated rings. The number of amides is 2. The van der Waals surface area contributed by atoms with E-state index in [2.05, 4.69) is 5.32 Å². The molecule has 3 N–H and O–H groups in total. The molecule has 0 spiro atoms. The molecule has 0 aliphatic carbocycles. The van der Waals surface area contributed by atoms with Gasteiger partial charge in [-0.15, -0.1) is 0 Å². The minimum atomic E-state index is -0.513. The standard InChI is InChI=1S/C17H15ClFN3O2/c18-11-3-6-13(19)15(9-11)22-8-7-14(17(22)24)21-12-4-1-10(2-5-12)16(20)23/h1-6,9,14,21H,7-8H2,(H2,20,23). The molecule has 0 radical (unpaired) electrons. The number of nitrogens with two attached hydrogens (primary N) is 1. The largest absolute Gasteiger partial charge is 0.374 e. The molecule has 2 aromatic carbocycles. The summed E-state index contributed by atoms with van der Waals surface area (Å²) in [6, 6.07) is 10.2. The monoisotopic (exact) mass is 347 g/mol. The first-order chi connectivity index (χ1) is 11.5. The molecular weight excluding hydrogens is 333 g/mol. The van der Waals surface area contributed by atoms with Gasteiger partial charge in [0.25, 0.3) is 0 Å². The van der Waals surface area contributed by atoms with Crippen LogP contribution in [0.2, 0.25) is 5.02 Å². The first-order valence-electron chi connectivity index (χ1n) is 7.38. The van der Waals surface area contributed by atoms with Crippen LogP contribution in [0.15, 0.2) is 42.5 Å². The minimum absolute atomic E-state index is 0.181. The van der Waals surface area contributed by atoms with Crippen molar-refractivity contribution in [3.05, 3.63) is 58.9 Å². The average Bonchev–Trinajstić information content (AvgIpc) is 2.91. The normalized spacial score (nSPS) is 17.2. The van der Waals surface area contributed by atoms with Crippen LogP contribution in [0.5, 0.6) is 0 Å². The zero-order valence-corrected chi connectivity index (χ0v) is 13.4. The quantitative estimate of drug-likeness (QED) is 0.893. The van der Waals surface area contributed by atoms with Gasteiger partial charge in [-0.05, 0) is 48.9 Å². The number of hydrogen-bond donors (Lipinski definition) is 2. The van der Waals surface area contributed by atoms with Crippen LogP contribution in [0, 0.1) is 5.82 Å². The molecule has 0 saturated carbocycles. The number of primary amides is 1. The number of carbonyl (C=O) groups is 2. The van der Waals surface area contributed by atoms with Crippen molar-refractivity contribution in [3.63, 3.8) is 0 Å². The Kier molecular flexibility index (Phi) is 4.40. The Hall–Kier alpha value is -2.60. The second-order valence-electron chi connectivity index (χ2n) is 5.51. The Morgan fingerprint density at radius 1 is 1.25 bits per heavy atom. The lowest BCUT2D eigenvalue weighted by Crippen LogP contribution is -2.33. The maximum atomic E-state index is 14.0. The lowest BCUT2D eigenvalue weighted by molar-refractivity contribution is -0.117. The molecule has 7 heteroatoms. The van der Waals surface area contributed by atoms with E-state index in [4.69, 9.17) is 17.3 Å². The van der Waals surface area contributed by atoms with E-state index < -0.39 is 17.8 Å². The molecule has 1 atom stereocenters. The van der Waals surface area contributed by atoms with Crippen molar-refractivity contribution in [2.45, 2.75) is 12.5 Å². The molecule has 1 unspecified atom stereocenters. The fourth-order valence-corrected chi connectivity index (χ4v) is 2.84. The number of carbonyl (C=O) groups excluding carboxylic acids is 2. The van der Waals surface area contributed by atoms with Gasteiger partial charge in [0.2, 0.25) is 11.8 Å². The van der Waals surface area contributed by atoms with Crippen molar-refractivity contribution in [3.8, 4) is 0 Å². The van der Waals surface area contributed by atoms with Crippen molar-refractivity contribution >= 4 is 34.8 Å². The topological polar surface area (TPSA) is 75.4 Å². The second-order valence-corrected chi connectivity index (χ2v) is 5.95. The number of nitrogens with one attached hydrogen (secondary N) is 1. The van der Waals surface area contributed by atoms with E-state index >= 15 is 0 Å². The highest BCUT2D eigenvalue weighted by Crippen LogP contribution is 2.28. The van der Waals surface area contributed by atoms with Gasteiger partial charge in [-0.25, -0.2) is 4.39 Å². The molecule has 2 amide bonds. The molecule has 124 valence electrons. The van der Waals surface area contributed by atoms with Gasteiger partial charge in [0.1, 0.15) is 11.9 Å². The van der Waals surface area contributed by atoms with Crippen LogP contribution in [-0.2, 0) is 4.79 Å². The number of benzene rings is 2. The zero-order valence-electron chi connectivity index (χ0n) is 12.6. The molecule has 1 heterocycles.